The summed E-state index contributed by atoms with van der Waals surface area (Å²) in [5.74, 6) is -1.20. The molecule has 2 N–H and O–H groups in total. The van der Waals surface area contributed by atoms with Crippen molar-refractivity contribution in [2.75, 3.05) is 13.2 Å². The zero-order chi connectivity index (χ0) is 30.9. The van der Waals surface area contributed by atoms with Crippen LogP contribution in [-0.4, -0.2) is 35.8 Å². The summed E-state index contributed by atoms with van der Waals surface area (Å²) in [7, 11) is 0. The van der Waals surface area contributed by atoms with E-state index in [0.29, 0.717) is 25.0 Å². The smallest absolute Gasteiger partial charge is 0.416 e. The van der Waals surface area contributed by atoms with Crippen LogP contribution in [0.5, 0.6) is 0 Å². The molecular weight excluding hydrogens is 613 g/mol. The molecule has 2 aliphatic rings. The van der Waals surface area contributed by atoms with Crippen LogP contribution in [0.4, 0.5) is 13.2 Å². The van der Waals surface area contributed by atoms with Gasteiger partial charge in [0.25, 0.3) is 0 Å². The Bertz CT molecular complexity index is 1380. The average molecular weight is 652 g/mol. The number of fused-ring (bicyclic) bond motifs is 3. The fourth-order valence-electron chi connectivity index (χ4n) is 6.71. The second kappa shape index (κ2) is 12.4. The largest absolute Gasteiger partial charge is 0.481 e. The number of nitrogens with zero attached hydrogens (tertiary/aromatic N) is 1. The first-order valence-electron chi connectivity index (χ1n) is 14.4. The van der Waals surface area contributed by atoms with E-state index in [1.54, 1.807) is 0 Å². The quantitative estimate of drug-likeness (QED) is 0.216. The fourth-order valence-corrected chi connectivity index (χ4v) is 7.51. The van der Waals surface area contributed by atoms with Crippen molar-refractivity contribution >= 4 is 33.5 Å². The van der Waals surface area contributed by atoms with Gasteiger partial charge in [-0.3, -0.25) is 9.59 Å². The molecule has 0 spiro atoms. The van der Waals surface area contributed by atoms with Crippen LogP contribution in [0.2, 0.25) is 0 Å². The molecular formula is C32H38BrF3N2O4. The van der Waals surface area contributed by atoms with E-state index >= 15 is 0 Å². The van der Waals surface area contributed by atoms with Crippen LogP contribution in [0.15, 0.2) is 46.0 Å². The maximum absolute atomic E-state index is 13.2. The van der Waals surface area contributed by atoms with Gasteiger partial charge in [0.1, 0.15) is 6.61 Å². The van der Waals surface area contributed by atoms with E-state index in [1.807, 2.05) is 6.92 Å². The second-order valence-electron chi connectivity index (χ2n) is 12.2. The van der Waals surface area contributed by atoms with E-state index in [4.69, 9.17) is 4.84 Å². The van der Waals surface area contributed by atoms with Gasteiger partial charge in [0.05, 0.1) is 23.1 Å². The van der Waals surface area contributed by atoms with Gasteiger partial charge >= 0.3 is 12.1 Å². The molecule has 0 aromatic heterocycles. The third kappa shape index (κ3) is 6.38. The van der Waals surface area contributed by atoms with Gasteiger partial charge in [0, 0.05) is 23.0 Å². The second-order valence-corrected chi connectivity index (χ2v) is 13.1. The van der Waals surface area contributed by atoms with Crippen LogP contribution < -0.4 is 5.32 Å². The molecule has 0 saturated heterocycles. The van der Waals surface area contributed by atoms with Crippen molar-refractivity contribution < 1.29 is 32.7 Å². The van der Waals surface area contributed by atoms with Crippen LogP contribution in [0.25, 0.3) is 0 Å². The van der Waals surface area contributed by atoms with Crippen LogP contribution in [0.3, 0.4) is 0 Å². The lowest BCUT2D eigenvalue weighted by molar-refractivity contribution is -0.156. The lowest BCUT2D eigenvalue weighted by Gasteiger charge is -2.53. The van der Waals surface area contributed by atoms with Gasteiger partial charge < -0.3 is 15.3 Å². The number of nitrogens with one attached hydrogen (secondary N) is 1. The highest BCUT2D eigenvalue weighted by atomic mass is 79.9. The minimum atomic E-state index is -4.52. The number of hydrogen-bond acceptors (Lipinski definition) is 4. The Kier molecular flexibility index (Phi) is 9.45. The summed E-state index contributed by atoms with van der Waals surface area (Å²) in [6, 6.07) is 9.32. The van der Waals surface area contributed by atoms with E-state index < -0.39 is 29.0 Å². The Hall–Kier alpha value is -2.88. The van der Waals surface area contributed by atoms with Crippen molar-refractivity contribution in [3.63, 3.8) is 0 Å². The van der Waals surface area contributed by atoms with Gasteiger partial charge in [-0.1, -0.05) is 66.5 Å². The van der Waals surface area contributed by atoms with Gasteiger partial charge in [-0.2, -0.15) is 13.2 Å². The van der Waals surface area contributed by atoms with E-state index in [-0.39, 0.29) is 42.4 Å². The SMILES string of the molecule is CC(C)c1cc2c(cc1Br)[C@@]1(C)CCC[C@@](C)(C(=O)O)C1C/C2=N\OCCCNC(=O)Cc1ccccc1C(F)(F)F. The topological polar surface area (TPSA) is 88.0 Å². The number of carbonyl (C=O) groups is 2. The summed E-state index contributed by atoms with van der Waals surface area (Å²) < 4.78 is 40.7. The zero-order valence-corrected chi connectivity index (χ0v) is 26.0. The Balaban J connectivity index is 1.46. The third-order valence-electron chi connectivity index (χ3n) is 9.08. The first-order chi connectivity index (χ1) is 19.7. The summed E-state index contributed by atoms with van der Waals surface area (Å²) in [5, 5.41) is 17.4. The molecule has 1 fully saturated rings. The number of amides is 1. The highest BCUT2D eigenvalue weighted by molar-refractivity contribution is 9.10. The highest BCUT2D eigenvalue weighted by Crippen LogP contribution is 2.58. The fraction of sp³-hybridized carbons (Fsp3) is 0.531. The summed E-state index contributed by atoms with van der Waals surface area (Å²) in [6.45, 7) is 8.65. The van der Waals surface area contributed by atoms with Crippen LogP contribution in [0, 0.1) is 11.3 Å². The summed E-state index contributed by atoms with van der Waals surface area (Å²) in [6.07, 6.45) is -1.69. The molecule has 0 bridgehead atoms. The number of benzene rings is 2. The molecule has 1 saturated carbocycles. The molecule has 3 atom stereocenters. The Morgan fingerprint density at radius 3 is 2.57 bits per heavy atom. The van der Waals surface area contributed by atoms with Crippen LogP contribution in [0.1, 0.15) is 93.5 Å². The molecule has 0 radical (unpaired) electrons. The van der Waals surface area contributed by atoms with E-state index in [2.05, 4.69) is 59.3 Å². The molecule has 6 nitrogen and oxygen atoms in total. The van der Waals surface area contributed by atoms with Crippen LogP contribution >= 0.6 is 15.9 Å². The lowest BCUT2D eigenvalue weighted by atomic mass is 9.49. The number of halogens is 4. The summed E-state index contributed by atoms with van der Waals surface area (Å²) in [4.78, 5) is 30.5. The standard InChI is InChI=1S/C32H38BrF3N2O4/c1-19(2)21-16-22-24(17-25(21)33)30(3)11-7-12-31(4,29(40)41)27(30)18-26(22)38-42-14-8-13-37-28(39)15-20-9-5-6-10-23(20)32(34,35)36/h5-6,9-10,16-17,19,27H,7-8,11-15,18H2,1-4H3,(H,37,39)(H,40,41)/b38-26+/t27?,30-,31-/m1/s1. The van der Waals surface area contributed by atoms with Gasteiger partial charge in [-0.05, 0) is 78.3 Å². The molecule has 4 rings (SSSR count). The minimum Gasteiger partial charge on any atom is -0.481 e. The molecule has 228 valence electrons. The van der Waals surface area contributed by atoms with Gasteiger partial charge in [0.2, 0.25) is 5.91 Å². The van der Waals surface area contributed by atoms with Gasteiger partial charge in [0.15, 0.2) is 0 Å². The van der Waals surface area contributed by atoms with Gasteiger partial charge in [-0.15, -0.1) is 0 Å². The predicted octanol–water partition coefficient (Wildman–Crippen LogP) is 7.61. The average Bonchev–Trinajstić information content (AvgIpc) is 2.90. The van der Waals surface area contributed by atoms with E-state index in [0.717, 1.165) is 40.1 Å². The van der Waals surface area contributed by atoms with Crippen molar-refractivity contribution in [1.82, 2.24) is 5.32 Å². The molecule has 0 aliphatic heterocycles. The molecule has 1 amide bonds. The van der Waals surface area contributed by atoms with Crippen molar-refractivity contribution in [3.05, 3.63) is 68.7 Å². The number of oxime groups is 1. The molecule has 2 aromatic carbocycles. The first kappa shape index (κ1) is 32.0. The Morgan fingerprint density at radius 1 is 1.19 bits per heavy atom. The number of aliphatic carboxylic acids is 1. The van der Waals surface area contributed by atoms with Crippen molar-refractivity contribution in [2.24, 2.45) is 16.5 Å². The maximum atomic E-state index is 13.2. The summed E-state index contributed by atoms with van der Waals surface area (Å²) >= 11 is 3.74. The first-order valence-corrected chi connectivity index (χ1v) is 15.2. The molecule has 10 heteroatoms. The van der Waals surface area contributed by atoms with Crippen LogP contribution in [-0.2, 0) is 32.4 Å². The molecule has 2 aromatic rings. The molecule has 2 aliphatic carbocycles. The molecule has 0 heterocycles. The maximum Gasteiger partial charge on any atom is 0.416 e. The zero-order valence-electron chi connectivity index (χ0n) is 24.4. The molecule has 1 unspecified atom stereocenters. The monoisotopic (exact) mass is 650 g/mol. The van der Waals surface area contributed by atoms with E-state index in [9.17, 15) is 27.9 Å². The number of carboxylic acids is 1. The van der Waals surface area contributed by atoms with Gasteiger partial charge in [-0.25, -0.2) is 0 Å². The molecule has 42 heavy (non-hydrogen) atoms. The number of rotatable bonds is 9. The third-order valence-corrected chi connectivity index (χ3v) is 9.77. The van der Waals surface area contributed by atoms with E-state index in [1.165, 1.54) is 18.2 Å². The lowest BCUT2D eigenvalue weighted by Crippen LogP contribution is -2.53. The number of alkyl halides is 3. The number of carboxylic acid groups (broad SMARTS) is 1. The normalized spacial score (nSPS) is 24.7. The predicted molar refractivity (Wildman–Crippen MR) is 159 cm³/mol. The number of carbonyl (C=O) groups excluding carboxylic acids is 1. The van der Waals surface area contributed by atoms with Crippen molar-refractivity contribution in [2.45, 2.75) is 83.7 Å². The Labute approximate surface area is 253 Å². The number of hydrogen-bond donors (Lipinski definition) is 2. The Morgan fingerprint density at radius 2 is 1.90 bits per heavy atom. The van der Waals surface area contributed by atoms with Crippen molar-refractivity contribution in [3.8, 4) is 0 Å². The summed E-state index contributed by atoms with van der Waals surface area (Å²) in [5.41, 5.74) is 1.79. The minimum absolute atomic E-state index is 0.0726. The highest BCUT2D eigenvalue weighted by Gasteiger charge is 2.56. The van der Waals surface area contributed by atoms with Crippen molar-refractivity contribution in [1.29, 1.82) is 0 Å².